The van der Waals surface area contributed by atoms with Gasteiger partial charge in [-0.1, -0.05) is 18.2 Å². The molecule has 0 aliphatic carbocycles. The zero-order valence-corrected chi connectivity index (χ0v) is 14.9. The number of likely N-dealkylation sites (N-methyl/N-ethyl adjacent to an activating group) is 1. The molecule has 0 bridgehead atoms. The molecule has 0 unspecified atom stereocenters. The monoisotopic (exact) mass is 334 g/mol. The molecule has 2 aromatic rings. The Hall–Kier alpha value is -2.95. The van der Waals surface area contributed by atoms with Crippen LogP contribution in [0, 0.1) is 0 Å². The molecule has 0 radical (unpaired) electrons. The van der Waals surface area contributed by atoms with Crippen molar-refractivity contribution in [2.75, 3.05) is 11.9 Å². The van der Waals surface area contributed by atoms with Crippen molar-refractivity contribution in [1.82, 2.24) is 10.4 Å². The van der Waals surface area contributed by atoms with Crippen LogP contribution in [0.1, 0.15) is 42.4 Å². The van der Waals surface area contributed by atoms with Gasteiger partial charge in [0.1, 0.15) is 5.69 Å². The standard InChI is InChI=1S/C20H22N4O/c1-14-12-20(2,3)24(4)18-9-8-15(11-16(14)18)13-22-23-19(25)17-7-5-6-10-21-17/h5-13H,1-4H3,(H,23,25)/b22-13+. The van der Waals surface area contributed by atoms with Crippen molar-refractivity contribution >= 4 is 23.4 Å². The summed E-state index contributed by atoms with van der Waals surface area (Å²) in [7, 11) is 2.10. The van der Waals surface area contributed by atoms with E-state index < -0.39 is 0 Å². The maximum Gasteiger partial charge on any atom is 0.289 e. The number of pyridine rings is 1. The van der Waals surface area contributed by atoms with Gasteiger partial charge in [-0.05, 0) is 56.2 Å². The van der Waals surface area contributed by atoms with Crippen LogP contribution in [0.5, 0.6) is 0 Å². The summed E-state index contributed by atoms with van der Waals surface area (Å²) in [6.45, 7) is 6.52. The summed E-state index contributed by atoms with van der Waals surface area (Å²) in [6.07, 6.45) is 5.49. The minimum Gasteiger partial charge on any atom is -0.366 e. The van der Waals surface area contributed by atoms with Crippen LogP contribution in [0.15, 0.2) is 53.8 Å². The summed E-state index contributed by atoms with van der Waals surface area (Å²) >= 11 is 0. The molecule has 0 fully saturated rings. The first-order valence-electron chi connectivity index (χ1n) is 8.20. The van der Waals surface area contributed by atoms with Crippen LogP contribution in [0.3, 0.4) is 0 Å². The molecule has 5 nitrogen and oxygen atoms in total. The number of hydrogen-bond acceptors (Lipinski definition) is 4. The van der Waals surface area contributed by atoms with E-state index in [-0.39, 0.29) is 11.4 Å². The number of fused-ring (bicyclic) bond motifs is 1. The third kappa shape index (κ3) is 3.45. The van der Waals surface area contributed by atoms with Crippen molar-refractivity contribution in [2.45, 2.75) is 26.3 Å². The Balaban J connectivity index is 1.77. The molecule has 1 amide bonds. The molecule has 1 aromatic heterocycles. The average Bonchev–Trinajstić information content (AvgIpc) is 2.60. The van der Waals surface area contributed by atoms with Gasteiger partial charge in [-0.3, -0.25) is 9.78 Å². The molecular weight excluding hydrogens is 312 g/mol. The van der Waals surface area contributed by atoms with Crippen LogP contribution >= 0.6 is 0 Å². The van der Waals surface area contributed by atoms with Gasteiger partial charge in [0, 0.05) is 24.5 Å². The second-order valence-electron chi connectivity index (χ2n) is 6.73. The maximum absolute atomic E-state index is 11.9. The number of carbonyl (C=O) groups is 1. The number of benzene rings is 1. The summed E-state index contributed by atoms with van der Waals surface area (Å²) in [5, 5.41) is 4.04. The Kier molecular flexibility index (Phi) is 4.40. The number of nitrogens with zero attached hydrogens (tertiary/aromatic N) is 3. The number of allylic oxidation sites excluding steroid dienone is 1. The zero-order chi connectivity index (χ0) is 18.0. The number of anilines is 1. The van der Waals surface area contributed by atoms with Crippen molar-refractivity contribution in [2.24, 2.45) is 5.10 Å². The van der Waals surface area contributed by atoms with Gasteiger partial charge < -0.3 is 4.90 Å². The van der Waals surface area contributed by atoms with Gasteiger partial charge in [0.15, 0.2) is 0 Å². The molecule has 128 valence electrons. The Morgan fingerprint density at radius 2 is 2.08 bits per heavy atom. The van der Waals surface area contributed by atoms with E-state index in [9.17, 15) is 4.79 Å². The summed E-state index contributed by atoms with van der Waals surface area (Å²) in [6, 6.07) is 11.4. The molecule has 3 rings (SSSR count). The van der Waals surface area contributed by atoms with E-state index in [1.165, 1.54) is 16.8 Å². The van der Waals surface area contributed by atoms with Crippen molar-refractivity contribution in [1.29, 1.82) is 0 Å². The normalized spacial score (nSPS) is 15.7. The van der Waals surface area contributed by atoms with Crippen LogP contribution in [0.2, 0.25) is 0 Å². The summed E-state index contributed by atoms with van der Waals surface area (Å²) in [5.41, 5.74) is 7.38. The Morgan fingerprint density at radius 1 is 1.28 bits per heavy atom. The lowest BCUT2D eigenvalue weighted by Crippen LogP contribution is -2.42. The van der Waals surface area contributed by atoms with Crippen LogP contribution in [0.25, 0.3) is 5.57 Å². The van der Waals surface area contributed by atoms with E-state index in [0.717, 1.165) is 5.56 Å². The topological polar surface area (TPSA) is 57.6 Å². The van der Waals surface area contributed by atoms with E-state index in [2.05, 4.69) is 66.4 Å². The fourth-order valence-electron chi connectivity index (χ4n) is 2.98. The summed E-state index contributed by atoms with van der Waals surface area (Å²) in [4.78, 5) is 18.2. The SMILES string of the molecule is CC1=CC(C)(C)N(C)c2ccc(/C=N/NC(=O)c3ccccn3)cc21. The van der Waals surface area contributed by atoms with E-state index in [4.69, 9.17) is 0 Å². The van der Waals surface area contributed by atoms with Crippen LogP contribution < -0.4 is 10.3 Å². The van der Waals surface area contributed by atoms with Crippen molar-refractivity contribution in [3.63, 3.8) is 0 Å². The quantitative estimate of drug-likeness (QED) is 0.690. The molecule has 1 aliphatic heterocycles. The lowest BCUT2D eigenvalue weighted by molar-refractivity contribution is 0.0950. The van der Waals surface area contributed by atoms with Gasteiger partial charge in [-0.15, -0.1) is 0 Å². The van der Waals surface area contributed by atoms with Crippen molar-refractivity contribution in [3.05, 3.63) is 65.5 Å². The summed E-state index contributed by atoms with van der Waals surface area (Å²) in [5.74, 6) is -0.327. The molecule has 1 N–H and O–H groups in total. The number of nitrogens with one attached hydrogen (secondary N) is 1. The minimum atomic E-state index is -0.327. The van der Waals surface area contributed by atoms with Gasteiger partial charge in [-0.25, -0.2) is 5.43 Å². The number of hydrogen-bond donors (Lipinski definition) is 1. The Morgan fingerprint density at radius 3 is 2.80 bits per heavy atom. The van der Waals surface area contributed by atoms with Crippen molar-refractivity contribution < 1.29 is 4.79 Å². The lowest BCUT2D eigenvalue weighted by atomic mass is 9.89. The molecule has 5 heteroatoms. The predicted molar refractivity (Wildman–Crippen MR) is 102 cm³/mol. The fourth-order valence-corrected chi connectivity index (χ4v) is 2.98. The minimum absolute atomic E-state index is 0.0106. The van der Waals surface area contributed by atoms with Gasteiger partial charge in [0.05, 0.1) is 11.8 Å². The van der Waals surface area contributed by atoms with E-state index in [1.807, 2.05) is 6.07 Å². The average molecular weight is 334 g/mol. The molecule has 0 atom stereocenters. The number of amides is 1. The van der Waals surface area contributed by atoms with E-state index >= 15 is 0 Å². The first-order chi connectivity index (χ1) is 11.9. The maximum atomic E-state index is 11.9. The molecule has 1 aromatic carbocycles. The molecule has 1 aliphatic rings. The van der Waals surface area contributed by atoms with Gasteiger partial charge >= 0.3 is 0 Å². The molecule has 0 saturated carbocycles. The number of aromatic nitrogens is 1. The smallest absolute Gasteiger partial charge is 0.289 e. The highest BCUT2D eigenvalue weighted by atomic mass is 16.2. The van der Waals surface area contributed by atoms with Crippen molar-refractivity contribution in [3.8, 4) is 0 Å². The highest BCUT2D eigenvalue weighted by Crippen LogP contribution is 2.37. The van der Waals surface area contributed by atoms with Crippen LogP contribution in [-0.4, -0.2) is 29.7 Å². The first kappa shape index (κ1) is 16.9. The summed E-state index contributed by atoms with van der Waals surface area (Å²) < 4.78 is 0. The van der Waals surface area contributed by atoms with Gasteiger partial charge in [-0.2, -0.15) is 5.10 Å². The number of rotatable bonds is 3. The van der Waals surface area contributed by atoms with Crippen LogP contribution in [-0.2, 0) is 0 Å². The lowest BCUT2D eigenvalue weighted by Gasteiger charge is -2.40. The van der Waals surface area contributed by atoms with E-state index in [1.54, 1.807) is 30.6 Å². The van der Waals surface area contributed by atoms with E-state index in [0.29, 0.717) is 5.69 Å². The predicted octanol–water partition coefficient (Wildman–Crippen LogP) is 3.48. The van der Waals surface area contributed by atoms with Gasteiger partial charge in [0.2, 0.25) is 0 Å². The Labute approximate surface area is 148 Å². The second kappa shape index (κ2) is 6.51. The second-order valence-corrected chi connectivity index (χ2v) is 6.73. The zero-order valence-electron chi connectivity index (χ0n) is 14.9. The largest absolute Gasteiger partial charge is 0.366 e. The molecule has 0 saturated heterocycles. The fraction of sp³-hybridized carbons (Fsp3) is 0.250. The highest BCUT2D eigenvalue weighted by Gasteiger charge is 2.28. The first-order valence-corrected chi connectivity index (χ1v) is 8.20. The number of carbonyl (C=O) groups excluding carboxylic acids is 1. The molecule has 25 heavy (non-hydrogen) atoms. The highest BCUT2D eigenvalue weighted by molar-refractivity contribution is 5.93. The molecular formula is C20H22N4O. The van der Waals surface area contributed by atoms with Crippen LogP contribution in [0.4, 0.5) is 5.69 Å². The molecule has 0 spiro atoms. The number of hydrazone groups is 1. The Bertz CT molecular complexity index is 853. The third-order valence-corrected chi connectivity index (χ3v) is 4.52. The van der Waals surface area contributed by atoms with Gasteiger partial charge in [0.25, 0.3) is 5.91 Å². The molecule has 2 heterocycles. The third-order valence-electron chi connectivity index (χ3n) is 4.52.